The number of benzene rings is 2. The maximum atomic E-state index is 14.3. The molecule has 0 aliphatic carbocycles. The van der Waals surface area contributed by atoms with Crippen molar-refractivity contribution in [3.63, 3.8) is 0 Å². The molecule has 2 aliphatic rings. The number of carbonyl (C=O) groups is 2. The quantitative estimate of drug-likeness (QED) is 0.365. The third-order valence-electron chi connectivity index (χ3n) is 5.84. The summed E-state index contributed by atoms with van der Waals surface area (Å²) in [5.74, 6) is -9.56. The van der Waals surface area contributed by atoms with Crippen molar-refractivity contribution in [1.29, 1.82) is 0 Å². The van der Waals surface area contributed by atoms with Gasteiger partial charge in [-0.2, -0.15) is 18.9 Å². The number of fused-ring (bicyclic) bond motifs is 2. The Kier molecular flexibility index (Phi) is 8.11. The number of halogens is 4. The van der Waals surface area contributed by atoms with E-state index in [4.69, 9.17) is 28.6 Å². The molecule has 2 heterocycles. The van der Waals surface area contributed by atoms with E-state index in [2.05, 4.69) is 0 Å². The van der Waals surface area contributed by atoms with Crippen molar-refractivity contribution in [2.75, 3.05) is 50.8 Å². The van der Waals surface area contributed by atoms with Crippen molar-refractivity contribution in [3.05, 3.63) is 47.5 Å². The van der Waals surface area contributed by atoms with Crippen LogP contribution >= 0.6 is 0 Å². The van der Waals surface area contributed by atoms with Crippen molar-refractivity contribution < 1.29 is 55.8 Å². The maximum absolute atomic E-state index is 14.3. The summed E-state index contributed by atoms with van der Waals surface area (Å²) in [6.45, 7) is 0.740. The topological polar surface area (TPSA) is 96.0 Å². The first-order chi connectivity index (χ1) is 18.2. The molecule has 4 rings (SSSR count). The van der Waals surface area contributed by atoms with Gasteiger partial charge in [-0.1, -0.05) is 0 Å². The zero-order chi connectivity index (χ0) is 27.6. The van der Waals surface area contributed by atoms with Crippen LogP contribution in [0.5, 0.6) is 11.5 Å². The number of rotatable bonds is 8. The summed E-state index contributed by atoms with van der Waals surface area (Å²) in [6.07, 6.45) is 0. The van der Waals surface area contributed by atoms with Crippen molar-refractivity contribution in [2.45, 2.75) is 19.0 Å². The van der Waals surface area contributed by atoms with E-state index in [1.165, 1.54) is 21.1 Å². The Balaban J connectivity index is 1.54. The Morgan fingerprint density at radius 2 is 1.21 bits per heavy atom. The monoisotopic (exact) mass is 544 g/mol. The second-order valence-corrected chi connectivity index (χ2v) is 8.45. The van der Waals surface area contributed by atoms with Crippen LogP contribution in [0, 0.1) is 29.2 Å². The Morgan fingerprint density at radius 3 is 1.58 bits per heavy atom. The summed E-state index contributed by atoms with van der Waals surface area (Å²) in [6, 6.07) is 2.47. The molecule has 0 bridgehead atoms. The minimum atomic E-state index is -1.55. The van der Waals surface area contributed by atoms with Crippen LogP contribution in [0.4, 0.5) is 28.9 Å². The molecule has 206 valence electrons. The Labute approximate surface area is 214 Å². The molecule has 38 heavy (non-hydrogen) atoms. The first-order valence-corrected chi connectivity index (χ1v) is 11.4. The molecule has 0 saturated carbocycles. The van der Waals surface area contributed by atoms with E-state index in [1.54, 1.807) is 0 Å². The molecule has 2 aliphatic heterocycles. The van der Waals surface area contributed by atoms with Crippen LogP contribution in [0.3, 0.4) is 0 Å². The van der Waals surface area contributed by atoms with Gasteiger partial charge >= 0.3 is 11.9 Å². The van der Waals surface area contributed by atoms with Gasteiger partial charge < -0.3 is 28.6 Å². The molecule has 0 amide bonds. The maximum Gasteiger partial charge on any atom is 0.346 e. The van der Waals surface area contributed by atoms with Crippen LogP contribution in [-0.4, -0.2) is 64.7 Å². The molecule has 2 aromatic rings. The first kappa shape index (κ1) is 27.3. The fraction of sp³-hybridized carbons (Fsp3) is 0.417. The van der Waals surface area contributed by atoms with Gasteiger partial charge in [0.15, 0.2) is 29.1 Å². The van der Waals surface area contributed by atoms with Crippen LogP contribution in [0.2, 0.25) is 0 Å². The van der Waals surface area contributed by atoms with E-state index in [9.17, 15) is 27.2 Å². The van der Waals surface area contributed by atoms with Crippen molar-refractivity contribution >= 4 is 23.3 Å². The smallest absolute Gasteiger partial charge is 0.346 e. The number of carbonyl (C=O) groups excluding carboxylic acids is 2. The fourth-order valence-electron chi connectivity index (χ4n) is 3.87. The highest BCUT2D eigenvalue weighted by molar-refractivity contribution is 5.95. The zero-order valence-corrected chi connectivity index (χ0v) is 20.5. The van der Waals surface area contributed by atoms with E-state index in [-0.39, 0.29) is 37.8 Å². The lowest BCUT2D eigenvalue weighted by Gasteiger charge is -2.37. The van der Waals surface area contributed by atoms with Gasteiger partial charge in [0.2, 0.25) is 11.6 Å². The summed E-state index contributed by atoms with van der Waals surface area (Å²) in [4.78, 5) is 36.7. The van der Waals surface area contributed by atoms with E-state index in [0.717, 1.165) is 34.4 Å². The van der Waals surface area contributed by atoms with Crippen LogP contribution in [0.15, 0.2) is 24.3 Å². The standard InChI is InChI=1S/C24H24F4N2O8/c1-12(23(31)37-29-13(8-33-2)10-35-21-17(29)6-4-15(25)19(21)27)24(32)38-30-14(9-34-3)11-36-22-18(30)7-5-16(26)20(22)28/h4-7,12-14H,8-11H2,1-3H3. The summed E-state index contributed by atoms with van der Waals surface area (Å²) in [7, 11) is 2.76. The lowest BCUT2D eigenvalue weighted by atomic mass is 10.1. The normalized spacial score (nSPS) is 19.0. The highest BCUT2D eigenvalue weighted by atomic mass is 19.2. The third kappa shape index (κ3) is 5.13. The molecule has 2 atom stereocenters. The summed E-state index contributed by atoms with van der Waals surface area (Å²) >= 11 is 0. The number of hydrogen-bond acceptors (Lipinski definition) is 10. The van der Waals surface area contributed by atoms with Gasteiger partial charge in [-0.05, 0) is 31.2 Å². The van der Waals surface area contributed by atoms with E-state index in [1.807, 2.05) is 0 Å². The molecule has 0 spiro atoms. The second-order valence-electron chi connectivity index (χ2n) is 8.45. The lowest BCUT2D eigenvalue weighted by Crippen LogP contribution is -2.50. The van der Waals surface area contributed by atoms with Crippen LogP contribution < -0.4 is 19.6 Å². The molecular weight excluding hydrogens is 520 g/mol. The minimum absolute atomic E-state index is 0.0179. The van der Waals surface area contributed by atoms with E-state index in [0.29, 0.717) is 0 Å². The van der Waals surface area contributed by atoms with Crippen molar-refractivity contribution in [2.24, 2.45) is 5.92 Å². The third-order valence-corrected chi connectivity index (χ3v) is 5.84. The molecule has 0 aromatic heterocycles. The van der Waals surface area contributed by atoms with Gasteiger partial charge in [0.05, 0.1) is 13.2 Å². The van der Waals surface area contributed by atoms with Crippen molar-refractivity contribution in [1.82, 2.24) is 0 Å². The molecule has 0 radical (unpaired) electrons. The largest absolute Gasteiger partial charge is 0.486 e. The Bertz CT molecular complexity index is 1120. The lowest BCUT2D eigenvalue weighted by molar-refractivity contribution is -0.165. The average molecular weight is 544 g/mol. The number of ether oxygens (including phenoxy) is 4. The van der Waals surface area contributed by atoms with Gasteiger partial charge in [0.1, 0.15) is 36.7 Å². The molecule has 0 fully saturated rings. The molecule has 2 aromatic carbocycles. The van der Waals surface area contributed by atoms with Gasteiger partial charge in [-0.25, -0.2) is 18.4 Å². The predicted octanol–water partition coefficient (Wildman–Crippen LogP) is 2.92. The van der Waals surface area contributed by atoms with Crippen molar-refractivity contribution in [3.8, 4) is 11.5 Å². The summed E-state index contributed by atoms with van der Waals surface area (Å²) in [5, 5.41) is 1.96. The van der Waals surface area contributed by atoms with Gasteiger partial charge in [0.25, 0.3) is 0 Å². The summed E-state index contributed by atoms with van der Waals surface area (Å²) in [5.41, 5.74) is -0.184. The van der Waals surface area contributed by atoms with Crippen LogP contribution in [0.25, 0.3) is 0 Å². The average Bonchev–Trinajstić information content (AvgIpc) is 2.90. The van der Waals surface area contributed by atoms with Crippen LogP contribution in [-0.2, 0) is 28.7 Å². The number of hydrogen-bond donors (Lipinski definition) is 0. The number of hydroxylamine groups is 2. The molecular formula is C24H24F4N2O8. The first-order valence-electron chi connectivity index (χ1n) is 11.4. The molecule has 14 heteroatoms. The minimum Gasteiger partial charge on any atom is -0.486 e. The highest BCUT2D eigenvalue weighted by Crippen LogP contribution is 2.39. The van der Waals surface area contributed by atoms with Gasteiger partial charge in [-0.3, -0.25) is 0 Å². The predicted molar refractivity (Wildman–Crippen MR) is 121 cm³/mol. The molecule has 0 N–H and O–H groups in total. The van der Waals surface area contributed by atoms with Crippen LogP contribution in [0.1, 0.15) is 6.92 Å². The Hall–Kier alpha value is -3.78. The SMILES string of the molecule is COCC1COc2c(ccc(F)c2F)N1OC(=O)C(C)C(=O)ON1c2ccc(F)c(F)c2OCC1COC. The van der Waals surface area contributed by atoms with Gasteiger partial charge in [-0.15, -0.1) is 0 Å². The highest BCUT2D eigenvalue weighted by Gasteiger charge is 2.39. The second kappa shape index (κ2) is 11.3. The number of anilines is 2. The molecule has 10 nitrogen and oxygen atoms in total. The number of methoxy groups -OCH3 is 2. The fourth-order valence-corrected chi connectivity index (χ4v) is 3.87. The molecule has 2 unspecified atom stereocenters. The van der Waals surface area contributed by atoms with Gasteiger partial charge in [0, 0.05) is 14.2 Å². The summed E-state index contributed by atoms with van der Waals surface area (Å²) < 4.78 is 76.8. The van der Waals surface area contributed by atoms with E-state index >= 15 is 0 Å². The molecule has 0 saturated heterocycles. The number of nitrogens with zero attached hydrogens (tertiary/aromatic N) is 2. The Morgan fingerprint density at radius 1 is 0.816 bits per heavy atom. The van der Waals surface area contributed by atoms with E-state index < -0.39 is 64.7 Å². The zero-order valence-electron chi connectivity index (χ0n) is 20.5.